The van der Waals surface area contributed by atoms with E-state index in [1.54, 1.807) is 0 Å². The van der Waals surface area contributed by atoms with Crippen molar-refractivity contribution in [2.24, 2.45) is 5.92 Å². The van der Waals surface area contributed by atoms with E-state index >= 15 is 0 Å². The molecule has 1 nitrogen and oxygen atoms in total. The van der Waals surface area contributed by atoms with Crippen LogP contribution in [-0.4, -0.2) is 5.11 Å². The first-order valence-corrected chi connectivity index (χ1v) is 5.71. The molecule has 0 amide bonds. The summed E-state index contributed by atoms with van der Waals surface area (Å²) in [6.45, 7) is 3.90. The van der Waals surface area contributed by atoms with Crippen molar-refractivity contribution in [1.82, 2.24) is 0 Å². The van der Waals surface area contributed by atoms with E-state index in [2.05, 4.69) is 0 Å². The first kappa shape index (κ1) is 14.0. The fourth-order valence-corrected chi connectivity index (χ4v) is 1.81. The van der Waals surface area contributed by atoms with Crippen LogP contribution in [-0.2, 0) is 6.18 Å². The summed E-state index contributed by atoms with van der Waals surface area (Å²) in [5.74, 6) is 0.0525. The molecule has 0 aromatic heterocycles. The second-order valence-electron chi connectivity index (χ2n) is 4.33. The number of aliphatic hydroxyl groups excluding tert-OH is 1. The van der Waals surface area contributed by atoms with E-state index in [1.165, 1.54) is 12.1 Å². The van der Waals surface area contributed by atoms with Crippen LogP contribution in [0.4, 0.5) is 13.2 Å². The van der Waals surface area contributed by atoms with Crippen molar-refractivity contribution in [3.05, 3.63) is 35.4 Å². The number of hydrogen-bond donors (Lipinski definition) is 1. The molecule has 0 aliphatic heterocycles. The third-order valence-corrected chi connectivity index (χ3v) is 2.86. The van der Waals surface area contributed by atoms with Crippen molar-refractivity contribution in [2.75, 3.05) is 0 Å². The van der Waals surface area contributed by atoms with Gasteiger partial charge in [0, 0.05) is 0 Å². The molecular weight excluding hydrogens is 229 g/mol. The molecule has 4 heteroatoms. The van der Waals surface area contributed by atoms with Crippen LogP contribution in [0.1, 0.15) is 43.9 Å². The van der Waals surface area contributed by atoms with E-state index in [9.17, 15) is 18.3 Å². The molecule has 0 bridgehead atoms. The topological polar surface area (TPSA) is 20.2 Å². The van der Waals surface area contributed by atoms with Gasteiger partial charge in [0.25, 0.3) is 0 Å². The van der Waals surface area contributed by atoms with Crippen molar-refractivity contribution >= 4 is 0 Å². The smallest absolute Gasteiger partial charge is 0.388 e. The molecule has 0 aliphatic rings. The highest BCUT2D eigenvalue weighted by Gasteiger charge is 2.30. The van der Waals surface area contributed by atoms with E-state index < -0.39 is 17.8 Å². The summed E-state index contributed by atoms with van der Waals surface area (Å²) in [6.07, 6.45) is -3.23. The van der Waals surface area contributed by atoms with E-state index in [0.29, 0.717) is 5.56 Å². The maximum Gasteiger partial charge on any atom is 0.416 e. The SMILES string of the molecule is CCCC(C)C(O)c1ccc(C(F)(F)F)cc1. The number of aliphatic hydroxyl groups is 1. The molecule has 0 saturated heterocycles. The van der Waals surface area contributed by atoms with Gasteiger partial charge in [-0.3, -0.25) is 0 Å². The predicted octanol–water partition coefficient (Wildman–Crippen LogP) is 4.18. The Morgan fingerprint density at radius 2 is 1.71 bits per heavy atom. The zero-order valence-corrected chi connectivity index (χ0v) is 9.96. The Labute approximate surface area is 99.3 Å². The highest BCUT2D eigenvalue weighted by molar-refractivity contribution is 5.26. The maximum atomic E-state index is 12.3. The van der Waals surface area contributed by atoms with Gasteiger partial charge in [0.05, 0.1) is 11.7 Å². The number of hydrogen-bond acceptors (Lipinski definition) is 1. The zero-order chi connectivity index (χ0) is 13.1. The first-order chi connectivity index (χ1) is 7.86. The molecule has 0 saturated carbocycles. The van der Waals surface area contributed by atoms with Gasteiger partial charge >= 0.3 is 6.18 Å². The van der Waals surface area contributed by atoms with Gasteiger partial charge in [-0.1, -0.05) is 32.4 Å². The fraction of sp³-hybridized carbons (Fsp3) is 0.538. The Morgan fingerprint density at radius 3 is 2.12 bits per heavy atom. The largest absolute Gasteiger partial charge is 0.416 e. The highest BCUT2D eigenvalue weighted by atomic mass is 19.4. The second kappa shape index (κ2) is 5.54. The van der Waals surface area contributed by atoms with Crippen LogP contribution in [0.25, 0.3) is 0 Å². The Morgan fingerprint density at radius 1 is 1.18 bits per heavy atom. The summed E-state index contributed by atoms with van der Waals surface area (Å²) in [6, 6.07) is 4.72. The van der Waals surface area contributed by atoms with Crippen molar-refractivity contribution in [3.8, 4) is 0 Å². The number of benzene rings is 1. The molecule has 1 aromatic rings. The second-order valence-corrected chi connectivity index (χ2v) is 4.33. The van der Waals surface area contributed by atoms with Crippen molar-refractivity contribution in [1.29, 1.82) is 0 Å². The Bertz CT molecular complexity index is 343. The molecule has 0 radical (unpaired) electrons. The molecule has 0 aliphatic carbocycles. The van der Waals surface area contributed by atoms with Crippen LogP contribution >= 0.6 is 0 Å². The molecule has 0 heterocycles. The van der Waals surface area contributed by atoms with Crippen LogP contribution < -0.4 is 0 Å². The van der Waals surface area contributed by atoms with Gasteiger partial charge in [-0.05, 0) is 30.0 Å². The van der Waals surface area contributed by atoms with E-state index in [0.717, 1.165) is 25.0 Å². The minimum atomic E-state index is -4.32. The zero-order valence-electron chi connectivity index (χ0n) is 9.96. The average molecular weight is 246 g/mol. The van der Waals surface area contributed by atoms with Gasteiger partial charge in [-0.15, -0.1) is 0 Å². The molecule has 1 aromatic carbocycles. The van der Waals surface area contributed by atoms with E-state index in [4.69, 9.17) is 0 Å². The van der Waals surface area contributed by atoms with Crippen molar-refractivity contribution in [2.45, 2.75) is 39.0 Å². The minimum Gasteiger partial charge on any atom is -0.388 e. The summed E-state index contributed by atoms with van der Waals surface area (Å²) < 4.78 is 37.0. The Balaban J connectivity index is 2.80. The number of rotatable bonds is 4. The van der Waals surface area contributed by atoms with E-state index in [-0.39, 0.29) is 5.92 Å². The van der Waals surface area contributed by atoms with Gasteiger partial charge in [-0.25, -0.2) is 0 Å². The summed E-state index contributed by atoms with van der Waals surface area (Å²) in [5, 5.41) is 9.93. The molecule has 0 spiro atoms. The lowest BCUT2D eigenvalue weighted by Gasteiger charge is -2.19. The maximum absolute atomic E-state index is 12.3. The predicted molar refractivity (Wildman–Crippen MR) is 60.5 cm³/mol. The van der Waals surface area contributed by atoms with Gasteiger partial charge in [-0.2, -0.15) is 13.2 Å². The van der Waals surface area contributed by atoms with Crippen LogP contribution in [0.2, 0.25) is 0 Å². The standard InChI is InChI=1S/C13H17F3O/c1-3-4-9(2)12(17)10-5-7-11(8-6-10)13(14,15)16/h5-9,12,17H,3-4H2,1-2H3. The Kier molecular flexibility index (Phi) is 4.57. The number of alkyl halides is 3. The van der Waals surface area contributed by atoms with E-state index in [1.807, 2.05) is 13.8 Å². The average Bonchev–Trinajstić information content (AvgIpc) is 2.27. The Hall–Kier alpha value is -1.03. The highest BCUT2D eigenvalue weighted by Crippen LogP contribution is 2.31. The van der Waals surface area contributed by atoms with Crippen molar-refractivity contribution in [3.63, 3.8) is 0 Å². The molecule has 17 heavy (non-hydrogen) atoms. The molecule has 96 valence electrons. The molecule has 1 N–H and O–H groups in total. The molecule has 0 fully saturated rings. The van der Waals surface area contributed by atoms with Crippen LogP contribution in [0.5, 0.6) is 0 Å². The fourth-order valence-electron chi connectivity index (χ4n) is 1.81. The van der Waals surface area contributed by atoms with Crippen LogP contribution in [0, 0.1) is 5.92 Å². The molecule has 2 unspecified atom stereocenters. The minimum absolute atomic E-state index is 0.0525. The summed E-state index contributed by atoms with van der Waals surface area (Å²) in [7, 11) is 0. The molecular formula is C13H17F3O. The van der Waals surface area contributed by atoms with Gasteiger partial charge < -0.3 is 5.11 Å². The third-order valence-electron chi connectivity index (χ3n) is 2.86. The summed E-state index contributed by atoms with van der Waals surface area (Å²) in [4.78, 5) is 0. The summed E-state index contributed by atoms with van der Waals surface area (Å²) >= 11 is 0. The normalized spacial score (nSPS) is 15.6. The lowest BCUT2D eigenvalue weighted by Crippen LogP contribution is -2.10. The van der Waals surface area contributed by atoms with Crippen LogP contribution in [0.15, 0.2) is 24.3 Å². The third kappa shape index (κ3) is 3.73. The quantitative estimate of drug-likeness (QED) is 0.845. The first-order valence-electron chi connectivity index (χ1n) is 5.71. The lowest BCUT2D eigenvalue weighted by molar-refractivity contribution is -0.137. The monoisotopic (exact) mass is 246 g/mol. The summed E-state index contributed by atoms with van der Waals surface area (Å²) in [5.41, 5.74) is -0.143. The van der Waals surface area contributed by atoms with Gasteiger partial charge in [0.15, 0.2) is 0 Å². The van der Waals surface area contributed by atoms with Crippen molar-refractivity contribution < 1.29 is 18.3 Å². The van der Waals surface area contributed by atoms with Gasteiger partial charge in [0.2, 0.25) is 0 Å². The van der Waals surface area contributed by atoms with Gasteiger partial charge in [0.1, 0.15) is 0 Å². The van der Waals surface area contributed by atoms with Crippen LogP contribution in [0.3, 0.4) is 0 Å². The molecule has 2 atom stereocenters. The number of halogens is 3. The molecule has 1 rings (SSSR count). The lowest BCUT2D eigenvalue weighted by atomic mass is 9.93.